The lowest BCUT2D eigenvalue weighted by Crippen LogP contribution is -2.31. The number of aromatic nitrogens is 2. The largest absolute Gasteiger partial charge is 0.487 e. The van der Waals surface area contributed by atoms with Crippen LogP contribution in [0.2, 0.25) is 0 Å². The van der Waals surface area contributed by atoms with Crippen LogP contribution in [-0.4, -0.2) is 56.7 Å². The summed E-state index contributed by atoms with van der Waals surface area (Å²) in [5.41, 5.74) is 2.34. The molecule has 0 unspecified atom stereocenters. The van der Waals surface area contributed by atoms with Crippen LogP contribution in [0.1, 0.15) is 12.6 Å². The van der Waals surface area contributed by atoms with Gasteiger partial charge in [-0.05, 0) is 43.3 Å². The number of ether oxygens (including phenoxy) is 2. The number of hydrogen-bond acceptors (Lipinski definition) is 8. The number of thioether (sulfide) groups is 1. The third kappa shape index (κ3) is 5.26. The molecule has 0 saturated carbocycles. The number of methoxy groups -OCH3 is 1. The van der Waals surface area contributed by atoms with Crippen LogP contribution >= 0.6 is 24.0 Å². The van der Waals surface area contributed by atoms with Gasteiger partial charge in [-0.15, -0.1) is 0 Å². The number of para-hydroxylation sites is 1. The molecule has 180 valence electrons. The molecule has 1 amide bonds. The molecule has 1 aliphatic heterocycles. The minimum absolute atomic E-state index is 0.140. The van der Waals surface area contributed by atoms with Crippen LogP contribution in [0, 0.1) is 10.1 Å². The van der Waals surface area contributed by atoms with Gasteiger partial charge in [0.15, 0.2) is 5.75 Å². The van der Waals surface area contributed by atoms with Crippen LogP contribution in [0.5, 0.6) is 5.75 Å². The van der Waals surface area contributed by atoms with Crippen molar-refractivity contribution in [2.75, 3.05) is 26.9 Å². The lowest BCUT2D eigenvalue weighted by Gasteiger charge is -2.12. The molecular weight excluding hydrogens is 488 g/mol. The van der Waals surface area contributed by atoms with Crippen molar-refractivity contribution in [3.8, 4) is 22.7 Å². The lowest BCUT2D eigenvalue weighted by atomic mass is 10.1. The van der Waals surface area contributed by atoms with Crippen molar-refractivity contribution >= 4 is 46.0 Å². The molecule has 4 rings (SSSR count). The first-order valence-corrected chi connectivity index (χ1v) is 12.0. The van der Waals surface area contributed by atoms with E-state index in [1.54, 1.807) is 43.0 Å². The Labute approximate surface area is 211 Å². The van der Waals surface area contributed by atoms with Gasteiger partial charge >= 0.3 is 5.69 Å². The standard InChI is InChI=1S/C24H22N4O5S2/c1-3-33-21-10-9-16(13-20(21)28(30)31)19-14-18(27(25-19)17-7-5-4-6-8-17)15-22-23(29)26(11-12-32-2)24(34)35-22/h4-10,13-15H,3,11-12H2,1-2H3/b22-15+. The maximum atomic E-state index is 12.9. The van der Waals surface area contributed by atoms with Crippen LogP contribution in [-0.2, 0) is 9.53 Å². The first-order valence-electron chi connectivity index (χ1n) is 10.7. The molecule has 3 aromatic rings. The van der Waals surface area contributed by atoms with E-state index in [0.717, 1.165) is 5.69 Å². The number of carbonyl (C=O) groups excluding carboxylic acids is 1. The average Bonchev–Trinajstić information content (AvgIpc) is 3.39. The summed E-state index contributed by atoms with van der Waals surface area (Å²) in [5, 5.41) is 16.3. The fraction of sp³-hybridized carbons (Fsp3) is 0.208. The van der Waals surface area contributed by atoms with Gasteiger partial charge in [0.05, 0.1) is 46.7 Å². The highest BCUT2D eigenvalue weighted by Gasteiger charge is 2.32. The zero-order chi connectivity index (χ0) is 24.9. The maximum Gasteiger partial charge on any atom is 0.311 e. The Morgan fingerprint density at radius 1 is 1.20 bits per heavy atom. The van der Waals surface area contributed by atoms with Crippen molar-refractivity contribution in [1.29, 1.82) is 0 Å². The molecule has 0 bridgehead atoms. The molecule has 35 heavy (non-hydrogen) atoms. The van der Waals surface area contributed by atoms with Gasteiger partial charge < -0.3 is 9.47 Å². The van der Waals surface area contributed by atoms with Crippen molar-refractivity contribution < 1.29 is 19.2 Å². The summed E-state index contributed by atoms with van der Waals surface area (Å²) in [4.78, 5) is 26.0. The number of nitrogens with zero attached hydrogens (tertiary/aromatic N) is 4. The molecule has 1 saturated heterocycles. The van der Waals surface area contributed by atoms with Gasteiger partial charge in [-0.3, -0.25) is 19.8 Å². The van der Waals surface area contributed by atoms with Crippen molar-refractivity contribution in [1.82, 2.24) is 14.7 Å². The number of nitro groups is 1. The summed E-state index contributed by atoms with van der Waals surface area (Å²) in [5.74, 6) is -0.000171. The predicted octanol–water partition coefficient (Wildman–Crippen LogP) is 4.69. The molecule has 0 radical (unpaired) electrons. The molecule has 2 heterocycles. The van der Waals surface area contributed by atoms with Crippen LogP contribution in [0.25, 0.3) is 23.0 Å². The van der Waals surface area contributed by atoms with Gasteiger partial charge in [-0.2, -0.15) is 5.10 Å². The molecule has 1 aliphatic rings. The fourth-order valence-electron chi connectivity index (χ4n) is 3.52. The maximum absolute atomic E-state index is 12.9. The van der Waals surface area contributed by atoms with Gasteiger partial charge in [-0.1, -0.05) is 42.2 Å². The molecule has 9 nitrogen and oxygen atoms in total. The van der Waals surface area contributed by atoms with E-state index < -0.39 is 4.92 Å². The molecule has 11 heteroatoms. The Bertz CT molecular complexity index is 1310. The third-order valence-electron chi connectivity index (χ3n) is 5.16. The van der Waals surface area contributed by atoms with Crippen LogP contribution < -0.4 is 4.74 Å². The van der Waals surface area contributed by atoms with E-state index in [1.165, 1.54) is 22.7 Å². The van der Waals surface area contributed by atoms with E-state index in [4.69, 9.17) is 26.8 Å². The Kier molecular flexibility index (Phi) is 7.59. The Morgan fingerprint density at radius 3 is 2.66 bits per heavy atom. The topological polar surface area (TPSA) is 99.7 Å². The molecule has 1 aromatic heterocycles. The van der Waals surface area contributed by atoms with Gasteiger partial charge in [-0.25, -0.2) is 4.68 Å². The second-order valence-electron chi connectivity index (χ2n) is 7.40. The minimum Gasteiger partial charge on any atom is -0.487 e. The van der Waals surface area contributed by atoms with E-state index in [9.17, 15) is 14.9 Å². The van der Waals surface area contributed by atoms with E-state index >= 15 is 0 Å². The molecule has 0 N–H and O–H groups in total. The SMILES string of the molecule is CCOc1ccc(-c2cc(/C=C3/SC(=S)N(CCOC)C3=O)n(-c3ccccc3)n2)cc1[N+](=O)[O-]. The quantitative estimate of drug-likeness (QED) is 0.177. The average molecular weight is 511 g/mol. The monoisotopic (exact) mass is 510 g/mol. The molecular formula is C24H22N4O5S2. The minimum atomic E-state index is -0.477. The zero-order valence-electron chi connectivity index (χ0n) is 19.0. The van der Waals surface area contributed by atoms with Gasteiger partial charge in [0.1, 0.15) is 4.32 Å². The molecule has 0 atom stereocenters. The van der Waals surface area contributed by atoms with Crippen LogP contribution in [0.3, 0.4) is 0 Å². The number of thiocarbonyl (C=S) groups is 1. The highest BCUT2D eigenvalue weighted by molar-refractivity contribution is 8.26. The first-order chi connectivity index (χ1) is 16.9. The van der Waals surface area contributed by atoms with E-state index in [0.29, 0.717) is 45.9 Å². The van der Waals surface area contributed by atoms with Crippen molar-refractivity contribution in [3.63, 3.8) is 0 Å². The lowest BCUT2D eigenvalue weighted by molar-refractivity contribution is -0.385. The number of carbonyl (C=O) groups is 1. The number of hydrogen-bond donors (Lipinski definition) is 0. The summed E-state index contributed by atoms with van der Waals surface area (Å²) in [6, 6.07) is 16.0. The molecule has 0 spiro atoms. The zero-order valence-corrected chi connectivity index (χ0v) is 20.7. The second-order valence-corrected chi connectivity index (χ2v) is 9.08. The van der Waals surface area contributed by atoms with Crippen molar-refractivity contribution in [3.05, 3.63) is 75.3 Å². The van der Waals surface area contributed by atoms with E-state index in [2.05, 4.69) is 0 Å². The second kappa shape index (κ2) is 10.8. The fourth-order valence-corrected chi connectivity index (χ4v) is 4.82. The summed E-state index contributed by atoms with van der Waals surface area (Å²) in [6.07, 6.45) is 1.73. The summed E-state index contributed by atoms with van der Waals surface area (Å²) in [6.45, 7) is 2.83. The van der Waals surface area contributed by atoms with Gasteiger partial charge in [0.2, 0.25) is 0 Å². The van der Waals surface area contributed by atoms with E-state index in [1.807, 2.05) is 30.3 Å². The Morgan fingerprint density at radius 2 is 1.97 bits per heavy atom. The highest BCUT2D eigenvalue weighted by atomic mass is 32.2. The Balaban J connectivity index is 1.78. The third-order valence-corrected chi connectivity index (χ3v) is 6.54. The molecule has 2 aromatic carbocycles. The number of benzene rings is 2. The van der Waals surface area contributed by atoms with Gasteiger partial charge in [0, 0.05) is 18.7 Å². The van der Waals surface area contributed by atoms with E-state index in [-0.39, 0.29) is 17.3 Å². The van der Waals surface area contributed by atoms with Gasteiger partial charge in [0.25, 0.3) is 5.91 Å². The van der Waals surface area contributed by atoms with Crippen LogP contribution in [0.4, 0.5) is 5.69 Å². The van der Waals surface area contributed by atoms with Crippen LogP contribution in [0.15, 0.2) is 59.5 Å². The highest BCUT2D eigenvalue weighted by Crippen LogP contribution is 2.35. The predicted molar refractivity (Wildman–Crippen MR) is 139 cm³/mol. The number of rotatable bonds is 9. The summed E-state index contributed by atoms with van der Waals surface area (Å²) in [7, 11) is 1.57. The number of amides is 1. The number of nitro benzene ring substituents is 1. The first kappa shape index (κ1) is 24.6. The summed E-state index contributed by atoms with van der Waals surface area (Å²) >= 11 is 6.59. The van der Waals surface area contributed by atoms with Crippen molar-refractivity contribution in [2.24, 2.45) is 0 Å². The van der Waals surface area contributed by atoms with Crippen molar-refractivity contribution in [2.45, 2.75) is 6.92 Å². The Hall–Kier alpha value is -3.54. The molecule has 1 fully saturated rings. The smallest absolute Gasteiger partial charge is 0.311 e. The molecule has 0 aliphatic carbocycles. The normalized spacial score (nSPS) is 14.7. The summed E-state index contributed by atoms with van der Waals surface area (Å²) < 4.78 is 12.6.